The average molecular weight is 368 g/mol. The molecule has 5 heteroatoms. The zero-order valence-corrected chi connectivity index (χ0v) is 15.6. The maximum absolute atomic E-state index is 12.2. The Bertz CT molecular complexity index is 715. The number of amides is 2. The minimum atomic E-state index is -0.424. The van der Waals surface area contributed by atoms with Crippen LogP contribution in [0.1, 0.15) is 49.3 Å². The third-order valence-corrected chi connectivity index (χ3v) is 4.90. The van der Waals surface area contributed by atoms with Crippen LogP contribution < -0.4 is 15.4 Å². The van der Waals surface area contributed by atoms with Gasteiger partial charge in [-0.3, -0.25) is 0 Å². The Labute approximate surface area is 160 Å². The summed E-state index contributed by atoms with van der Waals surface area (Å²) in [6.07, 6.45) is 6.32. The van der Waals surface area contributed by atoms with Crippen molar-refractivity contribution in [2.75, 3.05) is 6.61 Å². The highest BCUT2D eigenvalue weighted by atomic mass is 16.5. The van der Waals surface area contributed by atoms with Gasteiger partial charge >= 0.3 is 6.03 Å². The lowest BCUT2D eigenvalue weighted by atomic mass is 9.98. The maximum atomic E-state index is 12.2. The zero-order valence-electron chi connectivity index (χ0n) is 15.6. The molecule has 0 bridgehead atoms. The number of ether oxygens (including phenoxy) is 1. The summed E-state index contributed by atoms with van der Waals surface area (Å²) in [5.74, 6) is 0.860. The standard InChI is InChI=1S/C22H28N2O3/c25-16-21(18-9-3-1-4-10-18)24-22(26)23-15-17-8-7-13-20(14-17)27-19-11-5-2-6-12-19/h1,3-4,7-10,13-14,19,21,25H,2,5-6,11-12,15-16H2,(H2,23,24,26). The Morgan fingerprint density at radius 1 is 1.07 bits per heavy atom. The van der Waals surface area contributed by atoms with Crippen molar-refractivity contribution in [3.8, 4) is 5.75 Å². The van der Waals surface area contributed by atoms with Crippen molar-refractivity contribution in [3.05, 3.63) is 65.7 Å². The van der Waals surface area contributed by atoms with Gasteiger partial charge < -0.3 is 20.5 Å². The summed E-state index contributed by atoms with van der Waals surface area (Å²) in [6.45, 7) is 0.253. The van der Waals surface area contributed by atoms with E-state index < -0.39 is 6.04 Å². The molecule has 0 aliphatic heterocycles. The summed E-state index contributed by atoms with van der Waals surface area (Å²) in [4.78, 5) is 12.2. The second-order valence-corrected chi connectivity index (χ2v) is 7.00. The number of carbonyl (C=O) groups excluding carboxylic acids is 1. The van der Waals surface area contributed by atoms with Crippen LogP contribution in [-0.2, 0) is 6.54 Å². The smallest absolute Gasteiger partial charge is 0.315 e. The number of aliphatic hydroxyl groups is 1. The Balaban J connectivity index is 1.50. The van der Waals surface area contributed by atoms with Gasteiger partial charge in [0.1, 0.15) is 5.75 Å². The summed E-state index contributed by atoms with van der Waals surface area (Å²) < 4.78 is 6.08. The molecule has 1 atom stereocenters. The molecule has 0 aromatic heterocycles. The second kappa shape index (κ2) is 9.97. The monoisotopic (exact) mass is 368 g/mol. The van der Waals surface area contributed by atoms with Gasteiger partial charge in [-0.1, -0.05) is 48.9 Å². The normalized spacial score (nSPS) is 15.7. The van der Waals surface area contributed by atoms with E-state index in [0.717, 1.165) is 29.7 Å². The number of urea groups is 1. The fourth-order valence-corrected chi connectivity index (χ4v) is 3.42. The number of nitrogens with one attached hydrogen (secondary N) is 2. The lowest BCUT2D eigenvalue weighted by molar-refractivity contribution is 0.155. The Morgan fingerprint density at radius 3 is 2.59 bits per heavy atom. The Morgan fingerprint density at radius 2 is 1.85 bits per heavy atom. The van der Waals surface area contributed by atoms with Crippen LogP contribution in [0, 0.1) is 0 Å². The first-order valence-corrected chi connectivity index (χ1v) is 9.70. The summed E-state index contributed by atoms with van der Waals surface area (Å²) in [6, 6.07) is 16.6. The molecule has 1 aliphatic rings. The van der Waals surface area contributed by atoms with Gasteiger partial charge in [0.05, 0.1) is 18.8 Å². The van der Waals surface area contributed by atoms with Crippen LogP contribution in [-0.4, -0.2) is 23.8 Å². The van der Waals surface area contributed by atoms with Gasteiger partial charge in [-0.05, 0) is 48.9 Å². The number of carbonyl (C=O) groups is 1. The first-order valence-electron chi connectivity index (χ1n) is 9.70. The third-order valence-electron chi connectivity index (χ3n) is 4.90. The topological polar surface area (TPSA) is 70.6 Å². The first-order chi connectivity index (χ1) is 13.2. The lowest BCUT2D eigenvalue weighted by Gasteiger charge is -2.23. The van der Waals surface area contributed by atoms with Gasteiger partial charge in [0.15, 0.2) is 0 Å². The molecule has 0 heterocycles. The summed E-state index contributed by atoms with van der Waals surface area (Å²) >= 11 is 0. The van der Waals surface area contributed by atoms with Gasteiger partial charge in [0.2, 0.25) is 0 Å². The average Bonchev–Trinajstić information content (AvgIpc) is 2.72. The van der Waals surface area contributed by atoms with Crippen molar-refractivity contribution >= 4 is 6.03 Å². The number of aliphatic hydroxyl groups excluding tert-OH is 1. The van der Waals surface area contributed by atoms with Crippen LogP contribution in [0.25, 0.3) is 0 Å². The number of rotatable bonds is 7. The largest absolute Gasteiger partial charge is 0.490 e. The summed E-state index contributed by atoms with van der Waals surface area (Å²) in [5, 5.41) is 15.2. The minimum absolute atomic E-state index is 0.151. The highest BCUT2D eigenvalue weighted by Crippen LogP contribution is 2.24. The predicted molar refractivity (Wildman–Crippen MR) is 106 cm³/mol. The van der Waals surface area contributed by atoms with Gasteiger partial charge in [0, 0.05) is 6.54 Å². The van der Waals surface area contributed by atoms with Crippen molar-refractivity contribution in [3.63, 3.8) is 0 Å². The van der Waals surface area contributed by atoms with Crippen LogP contribution in [0.4, 0.5) is 4.79 Å². The summed E-state index contributed by atoms with van der Waals surface area (Å²) in [7, 11) is 0. The van der Waals surface area contributed by atoms with Crippen LogP contribution in [0.2, 0.25) is 0 Å². The highest BCUT2D eigenvalue weighted by molar-refractivity contribution is 5.74. The molecule has 1 fully saturated rings. The molecule has 5 nitrogen and oxygen atoms in total. The summed E-state index contributed by atoms with van der Waals surface area (Å²) in [5.41, 5.74) is 1.86. The van der Waals surface area contributed by atoms with Crippen LogP contribution in [0.15, 0.2) is 54.6 Å². The van der Waals surface area contributed by atoms with Gasteiger partial charge in [0.25, 0.3) is 0 Å². The van der Waals surface area contributed by atoms with E-state index in [1.165, 1.54) is 19.3 Å². The van der Waals surface area contributed by atoms with E-state index in [1.54, 1.807) is 0 Å². The van der Waals surface area contributed by atoms with E-state index in [9.17, 15) is 9.90 Å². The van der Waals surface area contributed by atoms with Gasteiger partial charge in [-0.2, -0.15) is 0 Å². The number of hydrogen-bond donors (Lipinski definition) is 3. The van der Waals surface area contributed by atoms with E-state index >= 15 is 0 Å². The molecular weight excluding hydrogens is 340 g/mol. The van der Waals surface area contributed by atoms with Crippen LogP contribution >= 0.6 is 0 Å². The van der Waals surface area contributed by atoms with Gasteiger partial charge in [-0.15, -0.1) is 0 Å². The first kappa shape index (κ1) is 19.2. The molecule has 3 rings (SSSR count). The Hall–Kier alpha value is -2.53. The quantitative estimate of drug-likeness (QED) is 0.693. The van der Waals surface area contributed by atoms with E-state index in [2.05, 4.69) is 10.6 Å². The van der Waals surface area contributed by atoms with E-state index in [1.807, 2.05) is 54.6 Å². The zero-order chi connectivity index (χ0) is 18.9. The number of benzene rings is 2. The number of hydrogen-bond acceptors (Lipinski definition) is 3. The molecule has 2 aromatic rings. The van der Waals surface area contributed by atoms with Crippen molar-refractivity contribution in [2.24, 2.45) is 0 Å². The molecule has 0 radical (unpaired) electrons. The van der Waals surface area contributed by atoms with E-state index in [0.29, 0.717) is 12.6 Å². The molecule has 3 N–H and O–H groups in total. The molecule has 1 saturated carbocycles. The Kier molecular flexibility index (Phi) is 7.11. The molecule has 1 unspecified atom stereocenters. The molecule has 2 aromatic carbocycles. The van der Waals surface area contributed by atoms with E-state index in [-0.39, 0.29) is 12.6 Å². The molecule has 1 aliphatic carbocycles. The molecular formula is C22H28N2O3. The SMILES string of the molecule is O=C(NCc1cccc(OC2CCCCC2)c1)NC(CO)c1ccccc1. The van der Waals surface area contributed by atoms with Crippen molar-refractivity contribution < 1.29 is 14.6 Å². The highest BCUT2D eigenvalue weighted by Gasteiger charge is 2.15. The molecule has 144 valence electrons. The third kappa shape index (κ3) is 6.00. The van der Waals surface area contributed by atoms with Crippen molar-refractivity contribution in [2.45, 2.75) is 50.8 Å². The molecule has 27 heavy (non-hydrogen) atoms. The lowest BCUT2D eigenvalue weighted by Crippen LogP contribution is -2.38. The fourth-order valence-electron chi connectivity index (χ4n) is 3.42. The van der Waals surface area contributed by atoms with Crippen LogP contribution in [0.5, 0.6) is 5.75 Å². The molecule has 0 saturated heterocycles. The molecule has 2 amide bonds. The second-order valence-electron chi connectivity index (χ2n) is 7.00. The maximum Gasteiger partial charge on any atom is 0.315 e. The van der Waals surface area contributed by atoms with Crippen molar-refractivity contribution in [1.29, 1.82) is 0 Å². The van der Waals surface area contributed by atoms with E-state index in [4.69, 9.17) is 4.74 Å². The van der Waals surface area contributed by atoms with Gasteiger partial charge in [-0.25, -0.2) is 4.79 Å². The molecule has 0 spiro atoms. The van der Waals surface area contributed by atoms with Crippen LogP contribution in [0.3, 0.4) is 0 Å². The van der Waals surface area contributed by atoms with Crippen molar-refractivity contribution in [1.82, 2.24) is 10.6 Å². The minimum Gasteiger partial charge on any atom is -0.490 e. The predicted octanol–water partition coefficient (Wildman–Crippen LogP) is 3.93. The fraction of sp³-hybridized carbons (Fsp3) is 0.409.